The van der Waals surface area contributed by atoms with Crippen LogP contribution in [0.1, 0.15) is 12.1 Å². The molecule has 1 aromatic heterocycles. The van der Waals surface area contributed by atoms with Crippen molar-refractivity contribution < 1.29 is 9.47 Å². The Morgan fingerprint density at radius 3 is 2.25 bits per heavy atom. The SMILES string of the molecule is COc1ccc(-c2ccc(CCCOc3ccccc3)nn2)cc1. The van der Waals surface area contributed by atoms with Gasteiger partial charge in [-0.05, 0) is 61.4 Å². The molecule has 0 aliphatic heterocycles. The minimum Gasteiger partial charge on any atom is -0.497 e. The van der Waals surface area contributed by atoms with Crippen molar-refractivity contribution >= 4 is 0 Å². The third-order valence-electron chi connectivity index (χ3n) is 3.69. The number of aromatic nitrogens is 2. The lowest BCUT2D eigenvalue weighted by Gasteiger charge is -2.06. The first-order valence-electron chi connectivity index (χ1n) is 8.00. The van der Waals surface area contributed by atoms with Crippen LogP contribution in [0.2, 0.25) is 0 Å². The highest BCUT2D eigenvalue weighted by molar-refractivity contribution is 5.59. The molecule has 24 heavy (non-hydrogen) atoms. The van der Waals surface area contributed by atoms with Gasteiger partial charge < -0.3 is 9.47 Å². The number of hydrogen-bond donors (Lipinski definition) is 0. The number of nitrogens with zero attached hydrogens (tertiary/aromatic N) is 2. The van der Waals surface area contributed by atoms with E-state index in [1.807, 2.05) is 66.7 Å². The number of benzene rings is 2. The van der Waals surface area contributed by atoms with Crippen molar-refractivity contribution in [1.29, 1.82) is 0 Å². The van der Waals surface area contributed by atoms with Crippen molar-refractivity contribution in [1.82, 2.24) is 10.2 Å². The first-order valence-corrected chi connectivity index (χ1v) is 8.00. The van der Waals surface area contributed by atoms with E-state index in [-0.39, 0.29) is 0 Å². The predicted molar refractivity (Wildman–Crippen MR) is 94.3 cm³/mol. The number of aryl methyl sites for hydroxylation is 1. The predicted octanol–water partition coefficient (Wildman–Crippen LogP) is 4.16. The van der Waals surface area contributed by atoms with Crippen LogP contribution in [0.4, 0.5) is 0 Å². The maximum Gasteiger partial charge on any atom is 0.119 e. The molecule has 0 fully saturated rings. The molecule has 0 saturated carbocycles. The molecule has 0 bridgehead atoms. The molecule has 3 rings (SSSR count). The Morgan fingerprint density at radius 2 is 1.58 bits per heavy atom. The highest BCUT2D eigenvalue weighted by Gasteiger charge is 2.02. The molecule has 0 N–H and O–H groups in total. The molecule has 2 aromatic carbocycles. The average molecular weight is 320 g/mol. The lowest BCUT2D eigenvalue weighted by atomic mass is 10.1. The van der Waals surface area contributed by atoms with Crippen molar-refractivity contribution in [2.45, 2.75) is 12.8 Å². The molecule has 0 aliphatic carbocycles. The van der Waals surface area contributed by atoms with Crippen molar-refractivity contribution in [3.63, 3.8) is 0 Å². The van der Waals surface area contributed by atoms with E-state index in [0.717, 1.165) is 41.3 Å². The van der Waals surface area contributed by atoms with Crippen LogP contribution in [0, 0.1) is 0 Å². The number of para-hydroxylation sites is 1. The standard InChI is InChI=1S/C20H20N2O2/c1-23-18-12-9-16(10-13-18)20-14-11-17(21-22-20)6-5-15-24-19-7-3-2-4-8-19/h2-4,7-14H,5-6,15H2,1H3. The van der Waals surface area contributed by atoms with Crippen molar-refractivity contribution in [2.75, 3.05) is 13.7 Å². The van der Waals surface area contributed by atoms with Crippen LogP contribution in [-0.4, -0.2) is 23.9 Å². The minimum atomic E-state index is 0.673. The van der Waals surface area contributed by atoms with E-state index in [2.05, 4.69) is 10.2 Å². The van der Waals surface area contributed by atoms with Gasteiger partial charge in [-0.15, -0.1) is 0 Å². The summed E-state index contributed by atoms with van der Waals surface area (Å²) in [6.45, 7) is 0.673. The lowest BCUT2D eigenvalue weighted by Crippen LogP contribution is -2.01. The van der Waals surface area contributed by atoms with Crippen molar-refractivity contribution in [3.05, 3.63) is 72.4 Å². The summed E-state index contributed by atoms with van der Waals surface area (Å²) >= 11 is 0. The summed E-state index contributed by atoms with van der Waals surface area (Å²) < 4.78 is 10.8. The molecule has 0 amide bonds. The van der Waals surface area contributed by atoms with Crippen LogP contribution < -0.4 is 9.47 Å². The fourth-order valence-electron chi connectivity index (χ4n) is 2.37. The molecule has 0 aliphatic rings. The molecule has 122 valence electrons. The summed E-state index contributed by atoms with van der Waals surface area (Å²) in [5.74, 6) is 1.74. The van der Waals surface area contributed by atoms with E-state index >= 15 is 0 Å². The molecule has 1 heterocycles. The largest absolute Gasteiger partial charge is 0.497 e. The molecule has 4 nitrogen and oxygen atoms in total. The summed E-state index contributed by atoms with van der Waals surface area (Å²) in [5, 5.41) is 8.62. The van der Waals surface area contributed by atoms with Gasteiger partial charge in [0, 0.05) is 5.56 Å². The van der Waals surface area contributed by atoms with Gasteiger partial charge >= 0.3 is 0 Å². The van der Waals surface area contributed by atoms with E-state index < -0.39 is 0 Å². The van der Waals surface area contributed by atoms with Crippen LogP contribution in [0.25, 0.3) is 11.3 Å². The quantitative estimate of drug-likeness (QED) is 0.613. The molecule has 0 spiro atoms. The highest BCUT2D eigenvalue weighted by atomic mass is 16.5. The summed E-state index contributed by atoms with van der Waals surface area (Å²) in [7, 11) is 1.66. The van der Waals surface area contributed by atoms with Crippen LogP contribution in [0.5, 0.6) is 11.5 Å². The van der Waals surface area contributed by atoms with Gasteiger partial charge in [0.2, 0.25) is 0 Å². The third-order valence-corrected chi connectivity index (χ3v) is 3.69. The Morgan fingerprint density at radius 1 is 0.792 bits per heavy atom. The van der Waals surface area contributed by atoms with E-state index in [0.29, 0.717) is 6.61 Å². The summed E-state index contributed by atoms with van der Waals surface area (Å²) in [4.78, 5) is 0. The molecule has 0 unspecified atom stereocenters. The maximum absolute atomic E-state index is 5.68. The second-order valence-electron chi connectivity index (χ2n) is 5.40. The lowest BCUT2D eigenvalue weighted by molar-refractivity contribution is 0.310. The Labute approximate surface area is 142 Å². The molecule has 0 atom stereocenters. The second kappa shape index (κ2) is 8.11. The molecular formula is C20H20N2O2. The van der Waals surface area contributed by atoms with Crippen molar-refractivity contribution in [3.8, 4) is 22.8 Å². The zero-order chi connectivity index (χ0) is 16.6. The maximum atomic E-state index is 5.68. The number of ether oxygens (including phenoxy) is 2. The first kappa shape index (κ1) is 16.0. The average Bonchev–Trinajstić information content (AvgIpc) is 2.67. The summed E-state index contributed by atoms with van der Waals surface area (Å²) in [6, 6.07) is 21.7. The minimum absolute atomic E-state index is 0.673. The van der Waals surface area contributed by atoms with Crippen LogP contribution in [-0.2, 0) is 6.42 Å². The van der Waals surface area contributed by atoms with Crippen LogP contribution in [0.15, 0.2) is 66.7 Å². The Balaban J connectivity index is 1.50. The zero-order valence-corrected chi connectivity index (χ0v) is 13.7. The molecule has 0 saturated heterocycles. The van der Waals surface area contributed by atoms with E-state index in [1.54, 1.807) is 7.11 Å². The Hall–Kier alpha value is -2.88. The van der Waals surface area contributed by atoms with Gasteiger partial charge in [-0.25, -0.2) is 0 Å². The Bertz CT molecular complexity index is 741. The van der Waals surface area contributed by atoms with Gasteiger partial charge in [-0.2, -0.15) is 10.2 Å². The smallest absolute Gasteiger partial charge is 0.119 e. The van der Waals surface area contributed by atoms with Crippen molar-refractivity contribution in [2.24, 2.45) is 0 Å². The third kappa shape index (κ3) is 4.32. The normalized spacial score (nSPS) is 10.4. The number of methoxy groups -OCH3 is 1. The Kier molecular flexibility index (Phi) is 5.40. The van der Waals surface area contributed by atoms with Gasteiger partial charge in [-0.3, -0.25) is 0 Å². The van der Waals surface area contributed by atoms with Gasteiger partial charge in [0.1, 0.15) is 11.5 Å². The molecule has 4 heteroatoms. The van der Waals surface area contributed by atoms with Crippen LogP contribution in [0.3, 0.4) is 0 Å². The summed E-state index contributed by atoms with van der Waals surface area (Å²) in [6.07, 6.45) is 1.76. The second-order valence-corrected chi connectivity index (χ2v) is 5.40. The number of hydrogen-bond acceptors (Lipinski definition) is 4. The van der Waals surface area contributed by atoms with Gasteiger partial charge in [-0.1, -0.05) is 18.2 Å². The zero-order valence-electron chi connectivity index (χ0n) is 13.7. The molecular weight excluding hydrogens is 300 g/mol. The van der Waals surface area contributed by atoms with E-state index in [1.165, 1.54) is 0 Å². The fraction of sp³-hybridized carbons (Fsp3) is 0.200. The summed E-state index contributed by atoms with van der Waals surface area (Å²) in [5.41, 5.74) is 2.87. The topological polar surface area (TPSA) is 44.2 Å². The van der Waals surface area contributed by atoms with E-state index in [4.69, 9.17) is 9.47 Å². The first-order chi connectivity index (χ1) is 11.8. The highest BCUT2D eigenvalue weighted by Crippen LogP contribution is 2.20. The van der Waals surface area contributed by atoms with E-state index in [9.17, 15) is 0 Å². The van der Waals surface area contributed by atoms with Gasteiger partial charge in [0.25, 0.3) is 0 Å². The van der Waals surface area contributed by atoms with Gasteiger partial charge in [0.05, 0.1) is 25.1 Å². The molecule has 0 radical (unpaired) electrons. The monoisotopic (exact) mass is 320 g/mol. The number of rotatable bonds is 7. The van der Waals surface area contributed by atoms with Gasteiger partial charge in [0.15, 0.2) is 0 Å². The fourth-order valence-corrected chi connectivity index (χ4v) is 2.37. The molecule has 3 aromatic rings. The van der Waals surface area contributed by atoms with Crippen LogP contribution >= 0.6 is 0 Å².